The smallest absolute Gasteiger partial charge is 0.243 e. The minimum atomic E-state index is 1.16. The summed E-state index contributed by atoms with van der Waals surface area (Å²) in [5, 5.41) is 0. The van der Waals surface area contributed by atoms with Crippen LogP contribution in [0.1, 0.15) is 11.3 Å². The highest BCUT2D eigenvalue weighted by atomic mass is 15.0. The molecule has 2 nitrogen and oxygen atoms in total. The number of nitrogens with one attached hydrogen (secondary N) is 1. The average Bonchev–Trinajstić information content (AvgIpc) is 2.34. The fraction of sp³-hybridized carbons (Fsp3) is 0.222. The molecule has 0 aliphatic rings. The topological polar surface area (TPSA) is 19.9 Å². The molecular weight excluding hydrogens is 136 g/mol. The Morgan fingerprint density at radius 2 is 2.09 bits per heavy atom. The summed E-state index contributed by atoms with van der Waals surface area (Å²) in [5.41, 5.74) is 3.72. The summed E-state index contributed by atoms with van der Waals surface area (Å²) in [5.74, 6) is 0. The van der Waals surface area contributed by atoms with Crippen molar-refractivity contribution < 1.29 is 4.40 Å². The van der Waals surface area contributed by atoms with Gasteiger partial charge in [-0.15, -0.1) is 0 Å². The van der Waals surface area contributed by atoms with Crippen molar-refractivity contribution >= 4 is 5.65 Å². The number of aromatic amines is 1. The van der Waals surface area contributed by atoms with E-state index in [1.165, 1.54) is 11.3 Å². The average molecular weight is 147 g/mol. The summed E-state index contributed by atoms with van der Waals surface area (Å²) < 4.78 is 2.13. The zero-order valence-corrected chi connectivity index (χ0v) is 6.76. The van der Waals surface area contributed by atoms with Gasteiger partial charge in [0.15, 0.2) is 0 Å². The van der Waals surface area contributed by atoms with Crippen LogP contribution < -0.4 is 4.40 Å². The van der Waals surface area contributed by atoms with Gasteiger partial charge in [-0.25, -0.2) is 9.38 Å². The summed E-state index contributed by atoms with van der Waals surface area (Å²) >= 11 is 0. The molecule has 0 bridgehead atoms. The number of rotatable bonds is 0. The van der Waals surface area contributed by atoms with Crippen LogP contribution in [0, 0.1) is 13.8 Å². The molecule has 2 heteroatoms. The first kappa shape index (κ1) is 6.40. The van der Waals surface area contributed by atoms with Crippen LogP contribution in [0.25, 0.3) is 5.65 Å². The lowest BCUT2D eigenvalue weighted by molar-refractivity contribution is -0.517. The molecule has 0 amide bonds. The molecule has 0 fully saturated rings. The molecule has 2 rings (SSSR count). The van der Waals surface area contributed by atoms with Crippen LogP contribution in [-0.4, -0.2) is 4.98 Å². The Morgan fingerprint density at radius 1 is 1.27 bits per heavy atom. The lowest BCUT2D eigenvalue weighted by Gasteiger charge is -1.93. The predicted octanol–water partition coefficient (Wildman–Crippen LogP) is 1.37. The highest BCUT2D eigenvalue weighted by Gasteiger charge is 2.03. The Bertz CT molecular complexity index is 387. The van der Waals surface area contributed by atoms with Crippen LogP contribution in [0.15, 0.2) is 24.5 Å². The second kappa shape index (κ2) is 2.09. The van der Waals surface area contributed by atoms with Crippen molar-refractivity contribution in [3.8, 4) is 0 Å². The lowest BCUT2D eigenvalue weighted by Crippen LogP contribution is -2.22. The molecule has 0 aliphatic carbocycles. The molecule has 0 atom stereocenters. The summed E-state index contributed by atoms with van der Waals surface area (Å²) in [6.07, 6.45) is 3.98. The molecule has 0 radical (unpaired) electrons. The molecule has 2 aromatic heterocycles. The normalized spacial score (nSPS) is 10.7. The number of pyridine rings is 1. The lowest BCUT2D eigenvalue weighted by atomic mass is 10.2. The van der Waals surface area contributed by atoms with Gasteiger partial charge in [-0.2, -0.15) is 0 Å². The van der Waals surface area contributed by atoms with Gasteiger partial charge < -0.3 is 0 Å². The van der Waals surface area contributed by atoms with Gasteiger partial charge in [0.2, 0.25) is 0 Å². The predicted molar refractivity (Wildman–Crippen MR) is 43.4 cm³/mol. The summed E-state index contributed by atoms with van der Waals surface area (Å²) in [7, 11) is 0. The highest BCUT2D eigenvalue weighted by Crippen LogP contribution is 2.01. The Kier molecular flexibility index (Phi) is 1.22. The quantitative estimate of drug-likeness (QED) is 0.543. The van der Waals surface area contributed by atoms with Gasteiger partial charge in [0.05, 0.1) is 0 Å². The van der Waals surface area contributed by atoms with Crippen molar-refractivity contribution in [1.82, 2.24) is 4.98 Å². The van der Waals surface area contributed by atoms with Gasteiger partial charge in [-0.1, -0.05) is 0 Å². The van der Waals surface area contributed by atoms with E-state index in [9.17, 15) is 0 Å². The van der Waals surface area contributed by atoms with E-state index in [2.05, 4.69) is 35.4 Å². The van der Waals surface area contributed by atoms with Gasteiger partial charge in [0.1, 0.15) is 18.1 Å². The first-order valence-electron chi connectivity index (χ1n) is 3.73. The Balaban J connectivity index is 2.91. The SMILES string of the molecule is Cc1cc(C)[n+]2cc[nH]c2c1. The van der Waals surface area contributed by atoms with E-state index in [0.29, 0.717) is 0 Å². The second-order valence-electron chi connectivity index (χ2n) is 2.89. The number of imidazole rings is 1. The molecule has 56 valence electrons. The van der Waals surface area contributed by atoms with Crippen molar-refractivity contribution in [1.29, 1.82) is 0 Å². The summed E-state index contributed by atoms with van der Waals surface area (Å²) in [6, 6.07) is 4.30. The van der Waals surface area contributed by atoms with Crippen molar-refractivity contribution in [2.75, 3.05) is 0 Å². The first-order valence-corrected chi connectivity index (χ1v) is 3.73. The minimum Gasteiger partial charge on any atom is -0.243 e. The van der Waals surface area contributed by atoms with Crippen LogP contribution in [0.2, 0.25) is 0 Å². The third-order valence-corrected chi connectivity index (χ3v) is 1.90. The maximum Gasteiger partial charge on any atom is 0.284 e. The number of hydrogen-bond donors (Lipinski definition) is 1. The second-order valence-corrected chi connectivity index (χ2v) is 2.89. The molecule has 2 aromatic rings. The molecule has 0 spiro atoms. The maximum atomic E-state index is 3.16. The zero-order valence-electron chi connectivity index (χ0n) is 6.76. The van der Waals surface area contributed by atoms with E-state index in [1.54, 1.807) is 0 Å². The van der Waals surface area contributed by atoms with E-state index in [1.807, 2.05) is 12.4 Å². The monoisotopic (exact) mass is 147 g/mol. The Hall–Kier alpha value is -1.31. The van der Waals surface area contributed by atoms with Crippen LogP contribution >= 0.6 is 0 Å². The first-order chi connectivity index (χ1) is 5.27. The Morgan fingerprint density at radius 3 is 2.91 bits per heavy atom. The number of nitrogens with zero attached hydrogens (tertiary/aromatic N) is 1. The fourth-order valence-corrected chi connectivity index (χ4v) is 1.42. The third kappa shape index (κ3) is 0.909. The van der Waals surface area contributed by atoms with E-state index in [0.717, 1.165) is 5.65 Å². The molecule has 0 unspecified atom stereocenters. The zero-order chi connectivity index (χ0) is 7.84. The summed E-state index contributed by atoms with van der Waals surface area (Å²) in [6.45, 7) is 4.21. The summed E-state index contributed by atoms with van der Waals surface area (Å²) in [4.78, 5) is 3.16. The maximum absolute atomic E-state index is 3.16. The van der Waals surface area contributed by atoms with Crippen molar-refractivity contribution in [3.63, 3.8) is 0 Å². The third-order valence-electron chi connectivity index (χ3n) is 1.90. The van der Waals surface area contributed by atoms with Gasteiger partial charge >= 0.3 is 0 Å². The van der Waals surface area contributed by atoms with Crippen molar-refractivity contribution in [3.05, 3.63) is 35.8 Å². The van der Waals surface area contributed by atoms with Crippen LogP contribution in [0.3, 0.4) is 0 Å². The van der Waals surface area contributed by atoms with Gasteiger partial charge in [-0.3, -0.25) is 0 Å². The van der Waals surface area contributed by atoms with Crippen molar-refractivity contribution in [2.45, 2.75) is 13.8 Å². The molecule has 0 aromatic carbocycles. The van der Waals surface area contributed by atoms with Gasteiger partial charge in [0.25, 0.3) is 5.65 Å². The number of fused-ring (bicyclic) bond motifs is 1. The number of aromatic nitrogens is 2. The van der Waals surface area contributed by atoms with E-state index in [4.69, 9.17) is 0 Å². The highest BCUT2D eigenvalue weighted by molar-refractivity contribution is 5.33. The number of hydrogen-bond acceptors (Lipinski definition) is 0. The molecule has 11 heavy (non-hydrogen) atoms. The number of aryl methyl sites for hydroxylation is 2. The van der Waals surface area contributed by atoms with E-state index in [-0.39, 0.29) is 0 Å². The Labute approximate surface area is 65.5 Å². The van der Waals surface area contributed by atoms with E-state index < -0.39 is 0 Å². The molecule has 0 saturated carbocycles. The van der Waals surface area contributed by atoms with Crippen molar-refractivity contribution in [2.24, 2.45) is 0 Å². The van der Waals surface area contributed by atoms with E-state index >= 15 is 0 Å². The van der Waals surface area contributed by atoms with Crippen LogP contribution in [0.5, 0.6) is 0 Å². The molecule has 0 saturated heterocycles. The molecule has 2 heterocycles. The fourth-order valence-electron chi connectivity index (χ4n) is 1.42. The van der Waals surface area contributed by atoms with Crippen LogP contribution in [0.4, 0.5) is 0 Å². The molecule has 0 aliphatic heterocycles. The van der Waals surface area contributed by atoms with Gasteiger partial charge in [0, 0.05) is 6.07 Å². The minimum absolute atomic E-state index is 1.16. The molecule has 1 N–H and O–H groups in total. The standard InChI is InChI=1S/C9H10N2/c1-7-5-8(2)11-4-3-10-9(11)6-7/h3-6H,1-2H3/p+1. The van der Waals surface area contributed by atoms with Gasteiger partial charge in [-0.05, 0) is 25.5 Å². The number of H-pyrrole nitrogens is 1. The van der Waals surface area contributed by atoms with Crippen LogP contribution in [-0.2, 0) is 0 Å². The largest absolute Gasteiger partial charge is 0.284 e. The molecular formula is C9H11N2+.